The van der Waals surface area contributed by atoms with Gasteiger partial charge in [0.25, 0.3) is 0 Å². The van der Waals surface area contributed by atoms with Gasteiger partial charge in [-0.1, -0.05) is 12.1 Å². The Balaban J connectivity index is 2.21. The van der Waals surface area contributed by atoms with Crippen LogP contribution in [0, 0.1) is 18.6 Å². The van der Waals surface area contributed by atoms with E-state index in [0.717, 1.165) is 11.8 Å². The molecule has 0 spiro atoms. The van der Waals surface area contributed by atoms with Crippen LogP contribution in [0.15, 0.2) is 36.5 Å². The summed E-state index contributed by atoms with van der Waals surface area (Å²) in [6.07, 6.45) is 1.27. The average molecular weight is 247 g/mol. The minimum Gasteiger partial charge on any atom is -0.294 e. The molecule has 0 atom stereocenters. The Hall–Kier alpha value is -2.10. The molecule has 0 saturated heterocycles. The number of halogens is 2. The zero-order chi connectivity index (χ0) is 13.1. The summed E-state index contributed by atoms with van der Waals surface area (Å²) in [6.45, 7) is 1.81. The summed E-state index contributed by atoms with van der Waals surface area (Å²) in [7, 11) is 0. The lowest BCUT2D eigenvalue weighted by molar-refractivity contribution is 0.0991. The van der Waals surface area contributed by atoms with E-state index in [1.54, 1.807) is 19.1 Å². The number of aryl methyl sites for hydroxylation is 1. The molecule has 18 heavy (non-hydrogen) atoms. The second-order valence-electron chi connectivity index (χ2n) is 4.00. The highest BCUT2D eigenvalue weighted by molar-refractivity contribution is 5.97. The van der Waals surface area contributed by atoms with Crippen molar-refractivity contribution < 1.29 is 13.6 Å². The van der Waals surface area contributed by atoms with Crippen molar-refractivity contribution in [1.82, 2.24) is 4.98 Å². The highest BCUT2D eigenvalue weighted by Gasteiger charge is 2.13. The summed E-state index contributed by atoms with van der Waals surface area (Å²) in [5, 5.41) is 0. The van der Waals surface area contributed by atoms with Gasteiger partial charge in [-0.15, -0.1) is 0 Å². The summed E-state index contributed by atoms with van der Waals surface area (Å²) in [5.74, 6) is -2.19. The number of benzene rings is 1. The lowest BCUT2D eigenvalue weighted by Gasteiger charge is -2.03. The molecular weight excluding hydrogens is 236 g/mol. The Morgan fingerprint density at radius 1 is 1.22 bits per heavy atom. The molecule has 1 heterocycles. The smallest absolute Gasteiger partial charge is 0.168 e. The van der Waals surface area contributed by atoms with Crippen molar-refractivity contribution >= 4 is 5.78 Å². The van der Waals surface area contributed by atoms with Crippen molar-refractivity contribution in [2.24, 2.45) is 0 Å². The summed E-state index contributed by atoms with van der Waals surface area (Å²) in [4.78, 5) is 15.9. The second-order valence-corrected chi connectivity index (χ2v) is 4.00. The second kappa shape index (κ2) is 5.04. The van der Waals surface area contributed by atoms with Gasteiger partial charge in [-0.2, -0.15) is 0 Å². The Bertz CT molecular complexity index is 579. The fraction of sp³-hybridized carbons (Fsp3) is 0.143. The van der Waals surface area contributed by atoms with Crippen LogP contribution in [-0.4, -0.2) is 10.8 Å². The number of rotatable bonds is 3. The monoisotopic (exact) mass is 247 g/mol. The molecule has 0 radical (unpaired) electrons. The van der Waals surface area contributed by atoms with E-state index in [9.17, 15) is 13.6 Å². The number of aromatic nitrogens is 1. The highest BCUT2D eigenvalue weighted by Crippen LogP contribution is 2.14. The third-order valence-corrected chi connectivity index (χ3v) is 2.62. The summed E-state index contributed by atoms with van der Waals surface area (Å²) >= 11 is 0. The number of carbonyl (C=O) groups is 1. The summed E-state index contributed by atoms with van der Waals surface area (Å²) in [5.41, 5.74) is 1.24. The third-order valence-electron chi connectivity index (χ3n) is 2.62. The predicted molar refractivity (Wildman–Crippen MR) is 63.4 cm³/mol. The maximum absolute atomic E-state index is 13.4. The number of hydrogen-bond donors (Lipinski definition) is 0. The SMILES string of the molecule is Cc1ccc(C(=O)Cc2cccc(F)c2F)cn1. The zero-order valence-corrected chi connectivity index (χ0v) is 9.78. The van der Waals surface area contributed by atoms with Crippen LogP contribution in [-0.2, 0) is 6.42 Å². The molecule has 0 saturated carbocycles. The molecule has 0 unspecified atom stereocenters. The fourth-order valence-electron chi connectivity index (χ4n) is 1.59. The van der Waals surface area contributed by atoms with Gasteiger partial charge in [-0.25, -0.2) is 8.78 Å². The minimum absolute atomic E-state index is 0.0561. The van der Waals surface area contributed by atoms with Gasteiger partial charge >= 0.3 is 0 Å². The number of nitrogens with zero attached hydrogens (tertiary/aromatic N) is 1. The quantitative estimate of drug-likeness (QED) is 0.780. The molecule has 92 valence electrons. The first-order valence-electron chi connectivity index (χ1n) is 5.46. The van der Waals surface area contributed by atoms with Crippen LogP contribution >= 0.6 is 0 Å². The van der Waals surface area contributed by atoms with Crippen LogP contribution in [0.2, 0.25) is 0 Å². The van der Waals surface area contributed by atoms with Crippen molar-refractivity contribution in [1.29, 1.82) is 0 Å². The first-order valence-corrected chi connectivity index (χ1v) is 5.46. The average Bonchev–Trinajstić information content (AvgIpc) is 2.36. The normalized spacial score (nSPS) is 10.4. The van der Waals surface area contributed by atoms with E-state index in [4.69, 9.17) is 0 Å². The van der Waals surface area contributed by atoms with Gasteiger partial charge in [-0.05, 0) is 30.7 Å². The summed E-state index contributed by atoms with van der Waals surface area (Å²) < 4.78 is 26.4. The van der Waals surface area contributed by atoms with Gasteiger partial charge in [0, 0.05) is 23.9 Å². The molecule has 0 aliphatic heterocycles. The molecule has 0 aliphatic carbocycles. The molecule has 0 bridgehead atoms. The lowest BCUT2D eigenvalue weighted by Crippen LogP contribution is -2.06. The number of Topliss-reactive ketones (excluding diaryl/α,β-unsaturated/α-hetero) is 1. The first kappa shape index (κ1) is 12.4. The van der Waals surface area contributed by atoms with Crippen LogP contribution in [0.5, 0.6) is 0 Å². The molecule has 4 heteroatoms. The molecule has 1 aromatic heterocycles. The van der Waals surface area contributed by atoms with E-state index in [0.29, 0.717) is 5.56 Å². The third kappa shape index (κ3) is 2.59. The largest absolute Gasteiger partial charge is 0.294 e. The minimum atomic E-state index is -0.967. The van der Waals surface area contributed by atoms with E-state index in [2.05, 4.69) is 4.98 Å². The number of hydrogen-bond acceptors (Lipinski definition) is 2. The molecular formula is C14H11F2NO. The number of pyridine rings is 1. The molecule has 2 rings (SSSR count). The van der Waals surface area contributed by atoms with Crippen molar-refractivity contribution in [2.75, 3.05) is 0 Å². The standard InChI is InChI=1S/C14H11F2NO/c1-9-5-6-11(8-17-9)13(18)7-10-3-2-4-12(15)14(10)16/h2-6,8H,7H2,1H3. The number of carbonyl (C=O) groups excluding carboxylic acids is 1. The maximum atomic E-state index is 13.4. The van der Waals surface area contributed by atoms with Crippen molar-refractivity contribution in [3.8, 4) is 0 Å². The van der Waals surface area contributed by atoms with Gasteiger partial charge in [0.1, 0.15) is 0 Å². The predicted octanol–water partition coefficient (Wildman–Crippen LogP) is 3.09. The Kier molecular flexibility index (Phi) is 3.46. The summed E-state index contributed by atoms with van der Waals surface area (Å²) in [6, 6.07) is 7.14. The zero-order valence-electron chi connectivity index (χ0n) is 9.78. The Morgan fingerprint density at radius 3 is 2.67 bits per heavy atom. The maximum Gasteiger partial charge on any atom is 0.168 e. The van der Waals surface area contributed by atoms with Gasteiger partial charge in [0.05, 0.1) is 0 Å². The first-order chi connectivity index (χ1) is 8.58. The molecule has 0 fully saturated rings. The topological polar surface area (TPSA) is 30.0 Å². The van der Waals surface area contributed by atoms with Crippen molar-refractivity contribution in [2.45, 2.75) is 13.3 Å². The van der Waals surface area contributed by atoms with E-state index >= 15 is 0 Å². The molecule has 0 amide bonds. The van der Waals surface area contributed by atoms with Gasteiger partial charge in [0.15, 0.2) is 17.4 Å². The molecule has 0 aliphatic rings. The molecule has 1 aromatic carbocycles. The van der Waals surface area contributed by atoms with E-state index in [-0.39, 0.29) is 17.8 Å². The van der Waals surface area contributed by atoms with Gasteiger partial charge in [-0.3, -0.25) is 9.78 Å². The van der Waals surface area contributed by atoms with Crippen LogP contribution in [0.1, 0.15) is 21.6 Å². The van der Waals surface area contributed by atoms with Gasteiger partial charge < -0.3 is 0 Å². The molecule has 2 aromatic rings. The van der Waals surface area contributed by atoms with Gasteiger partial charge in [0.2, 0.25) is 0 Å². The Morgan fingerprint density at radius 2 is 2.00 bits per heavy atom. The highest BCUT2D eigenvalue weighted by atomic mass is 19.2. The molecule has 0 N–H and O–H groups in total. The number of ketones is 1. The Labute approximate surface area is 103 Å². The van der Waals surface area contributed by atoms with Crippen LogP contribution in [0.4, 0.5) is 8.78 Å². The lowest BCUT2D eigenvalue weighted by atomic mass is 10.0. The fourth-order valence-corrected chi connectivity index (χ4v) is 1.59. The van der Waals surface area contributed by atoms with Crippen molar-refractivity contribution in [3.63, 3.8) is 0 Å². The van der Waals surface area contributed by atoms with Crippen LogP contribution in [0.3, 0.4) is 0 Å². The molecule has 2 nitrogen and oxygen atoms in total. The van der Waals surface area contributed by atoms with E-state index in [1.165, 1.54) is 18.3 Å². The van der Waals surface area contributed by atoms with E-state index < -0.39 is 11.6 Å². The van der Waals surface area contributed by atoms with Crippen LogP contribution < -0.4 is 0 Å². The van der Waals surface area contributed by atoms with E-state index in [1.807, 2.05) is 0 Å². The van der Waals surface area contributed by atoms with Crippen molar-refractivity contribution in [3.05, 3.63) is 65.0 Å². The van der Waals surface area contributed by atoms with Crippen LogP contribution in [0.25, 0.3) is 0 Å².